The molecule has 3 aliphatic rings. The second-order valence-electron chi connectivity index (χ2n) is 9.88. The predicted molar refractivity (Wildman–Crippen MR) is 115 cm³/mol. The van der Waals surface area contributed by atoms with Crippen molar-refractivity contribution in [2.45, 2.75) is 39.2 Å². The van der Waals surface area contributed by atoms with Gasteiger partial charge in [0.05, 0.1) is 31.5 Å². The van der Waals surface area contributed by atoms with E-state index in [9.17, 15) is 19.2 Å². The lowest BCUT2D eigenvalue weighted by molar-refractivity contribution is -0.197. The van der Waals surface area contributed by atoms with Gasteiger partial charge >= 0.3 is 17.9 Å². The number of rotatable bonds is 4. The van der Waals surface area contributed by atoms with Crippen molar-refractivity contribution in [2.75, 3.05) is 7.11 Å². The highest BCUT2D eigenvalue weighted by Gasteiger charge is 2.66. The van der Waals surface area contributed by atoms with Crippen LogP contribution in [0.2, 0.25) is 0 Å². The molecule has 10 nitrogen and oxygen atoms in total. The maximum Gasteiger partial charge on any atom is 0.365 e. The number of carbonyl (C=O) groups excluding carboxylic acids is 4. The molecule has 0 unspecified atom stereocenters. The Kier molecular flexibility index (Phi) is 5.41. The molecule has 0 N–H and O–H groups in total. The van der Waals surface area contributed by atoms with Crippen LogP contribution in [0.4, 0.5) is 0 Å². The molecule has 5 rings (SSSR count). The summed E-state index contributed by atoms with van der Waals surface area (Å²) in [5.74, 6) is -4.78. The number of aromatic nitrogens is 1. The van der Waals surface area contributed by atoms with Crippen LogP contribution in [-0.4, -0.2) is 35.8 Å². The van der Waals surface area contributed by atoms with Crippen LogP contribution in [0.5, 0.6) is 0 Å². The van der Waals surface area contributed by atoms with Gasteiger partial charge in [-0.15, -0.1) is 0 Å². The normalized spacial score (nSPS) is 34.2. The van der Waals surface area contributed by atoms with E-state index in [1.807, 2.05) is 13.8 Å². The molecule has 2 aliphatic carbocycles. The molecule has 0 amide bonds. The van der Waals surface area contributed by atoms with Crippen molar-refractivity contribution in [3.63, 3.8) is 0 Å². The average molecular weight is 483 g/mol. The number of ether oxygens (including phenoxy) is 3. The maximum atomic E-state index is 14.0. The Morgan fingerprint density at radius 3 is 2.60 bits per heavy atom. The molecule has 1 saturated carbocycles. The van der Waals surface area contributed by atoms with Crippen LogP contribution in [0.3, 0.4) is 0 Å². The third-order valence-corrected chi connectivity index (χ3v) is 8.00. The number of oxazole rings is 1. The van der Waals surface area contributed by atoms with Gasteiger partial charge < -0.3 is 23.0 Å². The lowest BCUT2D eigenvalue weighted by Gasteiger charge is -2.59. The highest BCUT2D eigenvalue weighted by Crippen LogP contribution is 2.64. The minimum absolute atomic E-state index is 0.115. The number of esters is 3. The van der Waals surface area contributed by atoms with Crippen molar-refractivity contribution in [2.24, 2.45) is 28.6 Å². The Morgan fingerprint density at radius 2 is 1.94 bits per heavy atom. The first-order valence-corrected chi connectivity index (χ1v) is 11.4. The first-order chi connectivity index (χ1) is 16.7. The van der Waals surface area contributed by atoms with Crippen LogP contribution in [-0.2, 0) is 28.6 Å². The van der Waals surface area contributed by atoms with Crippen LogP contribution in [0.25, 0.3) is 0 Å². The highest BCUT2D eigenvalue weighted by atomic mass is 16.6. The van der Waals surface area contributed by atoms with E-state index in [0.717, 1.165) is 12.7 Å². The van der Waals surface area contributed by atoms with E-state index in [1.165, 1.54) is 25.7 Å². The number of allylic oxidation sites excluding steroid dienone is 1. The summed E-state index contributed by atoms with van der Waals surface area (Å²) < 4.78 is 26.2. The SMILES string of the molecule is COC(=O)[C@@H]1C=C(OC(=O)c2cocn2)C(=O)[C@H]2[C@@]1(C)CC[C@H]1C(=O)O[C@H](c3ccoc3)C[C@]21C. The average Bonchev–Trinajstić information content (AvgIpc) is 3.54. The molecule has 0 spiro atoms. The molecule has 0 radical (unpaired) electrons. The second-order valence-corrected chi connectivity index (χ2v) is 9.88. The molecule has 0 bridgehead atoms. The molecule has 35 heavy (non-hydrogen) atoms. The summed E-state index contributed by atoms with van der Waals surface area (Å²) in [6, 6.07) is 1.72. The predicted octanol–water partition coefficient (Wildman–Crippen LogP) is 3.41. The van der Waals surface area contributed by atoms with E-state index in [-0.39, 0.29) is 11.5 Å². The van der Waals surface area contributed by atoms with Gasteiger partial charge in [-0.1, -0.05) is 13.8 Å². The van der Waals surface area contributed by atoms with Gasteiger partial charge in [0.2, 0.25) is 5.78 Å². The number of hydrogen-bond acceptors (Lipinski definition) is 10. The summed E-state index contributed by atoms with van der Waals surface area (Å²) >= 11 is 0. The van der Waals surface area contributed by atoms with Crippen LogP contribution in [0.1, 0.15) is 55.3 Å². The summed E-state index contributed by atoms with van der Waals surface area (Å²) in [5.41, 5.74) is -1.17. The number of fused-ring (bicyclic) bond motifs is 3. The molecule has 2 aromatic heterocycles. The van der Waals surface area contributed by atoms with E-state index >= 15 is 0 Å². The van der Waals surface area contributed by atoms with Gasteiger partial charge in [-0.2, -0.15) is 0 Å². The van der Waals surface area contributed by atoms with Gasteiger partial charge in [0.25, 0.3) is 0 Å². The topological polar surface area (TPSA) is 135 Å². The third-order valence-electron chi connectivity index (χ3n) is 8.00. The zero-order valence-electron chi connectivity index (χ0n) is 19.5. The minimum atomic E-state index is -0.887. The number of methoxy groups -OCH3 is 1. The first kappa shape index (κ1) is 23.1. The second kappa shape index (κ2) is 8.21. The van der Waals surface area contributed by atoms with Crippen molar-refractivity contribution in [1.29, 1.82) is 0 Å². The fraction of sp³-hybridized carbons (Fsp3) is 0.480. The highest BCUT2D eigenvalue weighted by molar-refractivity contribution is 6.03. The molecule has 3 heterocycles. The fourth-order valence-electron chi connectivity index (χ4n) is 6.35. The Morgan fingerprint density at radius 1 is 1.14 bits per heavy atom. The van der Waals surface area contributed by atoms with Crippen molar-refractivity contribution >= 4 is 23.7 Å². The van der Waals surface area contributed by atoms with Gasteiger partial charge in [-0.3, -0.25) is 14.4 Å². The molecule has 10 heteroatoms. The Bertz CT molecular complexity index is 1200. The van der Waals surface area contributed by atoms with Crippen molar-refractivity contribution < 1.29 is 42.2 Å². The number of carbonyl (C=O) groups is 4. The van der Waals surface area contributed by atoms with Crippen LogP contribution in [0, 0.1) is 28.6 Å². The first-order valence-electron chi connectivity index (χ1n) is 11.4. The molecule has 184 valence electrons. The van der Waals surface area contributed by atoms with E-state index < -0.39 is 58.4 Å². The molecule has 6 atom stereocenters. The minimum Gasteiger partial charge on any atom is -0.472 e. The monoisotopic (exact) mass is 483 g/mol. The van der Waals surface area contributed by atoms with Gasteiger partial charge in [-0.25, -0.2) is 9.78 Å². The Hall–Kier alpha value is -3.69. The summed E-state index contributed by atoms with van der Waals surface area (Å²) in [4.78, 5) is 56.4. The van der Waals surface area contributed by atoms with Gasteiger partial charge in [0.1, 0.15) is 12.4 Å². The van der Waals surface area contributed by atoms with E-state index in [2.05, 4.69) is 4.98 Å². The maximum absolute atomic E-state index is 14.0. The number of furan rings is 1. The van der Waals surface area contributed by atoms with Gasteiger partial charge in [0.15, 0.2) is 17.8 Å². The smallest absolute Gasteiger partial charge is 0.365 e. The lowest BCUT2D eigenvalue weighted by atomic mass is 9.44. The Labute approximate surface area is 200 Å². The van der Waals surface area contributed by atoms with E-state index in [4.69, 9.17) is 23.0 Å². The molecule has 2 aromatic rings. The van der Waals surface area contributed by atoms with Crippen LogP contribution >= 0.6 is 0 Å². The number of nitrogens with zero attached hydrogens (tertiary/aromatic N) is 1. The molecular formula is C25H25NO9. The van der Waals surface area contributed by atoms with Crippen molar-refractivity contribution in [1.82, 2.24) is 4.98 Å². The van der Waals surface area contributed by atoms with Crippen LogP contribution < -0.4 is 0 Å². The summed E-state index contributed by atoms with van der Waals surface area (Å²) in [6.07, 6.45) is 7.12. The number of ketones is 1. The zero-order valence-corrected chi connectivity index (χ0v) is 19.5. The summed E-state index contributed by atoms with van der Waals surface area (Å²) in [6.45, 7) is 3.74. The van der Waals surface area contributed by atoms with Crippen molar-refractivity contribution in [3.8, 4) is 0 Å². The zero-order chi connectivity index (χ0) is 25.0. The molecule has 0 aromatic carbocycles. The van der Waals surface area contributed by atoms with Crippen LogP contribution in [0.15, 0.2) is 51.9 Å². The fourth-order valence-corrected chi connectivity index (χ4v) is 6.35. The van der Waals surface area contributed by atoms with E-state index in [0.29, 0.717) is 24.8 Å². The molecule has 1 aliphatic heterocycles. The Balaban J connectivity index is 1.58. The molecule has 1 saturated heterocycles. The molecule has 2 fully saturated rings. The summed E-state index contributed by atoms with van der Waals surface area (Å²) in [7, 11) is 1.27. The standard InChI is InChI=1S/C25H25NO9/c1-24-6-4-14-22(29)35-18(13-5-7-32-10-13)9-25(14,2)20(24)19(27)17(8-15(24)21(28)31-3)34-23(30)16-11-33-12-26-16/h5,7-8,10-12,14-15,18,20H,4,6,9H2,1-3H3/t14-,15-,18-,20-,24-,25-/m0/s1. The van der Waals surface area contributed by atoms with Gasteiger partial charge in [0, 0.05) is 11.5 Å². The number of cyclic esters (lactones) is 1. The van der Waals surface area contributed by atoms with Crippen molar-refractivity contribution in [3.05, 3.63) is 54.3 Å². The molecular weight excluding hydrogens is 458 g/mol. The van der Waals surface area contributed by atoms with E-state index in [1.54, 1.807) is 6.07 Å². The number of hydrogen-bond donors (Lipinski definition) is 0. The summed E-state index contributed by atoms with van der Waals surface area (Å²) in [5, 5.41) is 0. The quantitative estimate of drug-likeness (QED) is 0.470. The number of Topliss-reactive ketones (excluding diaryl/α,β-unsaturated/α-hetero) is 1. The lowest BCUT2D eigenvalue weighted by Crippen LogP contribution is -2.61. The third kappa shape index (κ3) is 3.50. The largest absolute Gasteiger partial charge is 0.472 e. The van der Waals surface area contributed by atoms with Gasteiger partial charge in [-0.05, 0) is 42.2 Å².